The van der Waals surface area contributed by atoms with Crippen LogP contribution in [0.4, 0.5) is 0 Å². The zero-order valence-corrected chi connectivity index (χ0v) is 11.1. The van der Waals surface area contributed by atoms with Crippen molar-refractivity contribution in [3.63, 3.8) is 0 Å². The SMILES string of the molecule is NC1(C(=O)N2CCC3(CCCC3)CC2)CCOC1. The molecule has 0 aromatic carbocycles. The van der Waals surface area contributed by atoms with E-state index in [4.69, 9.17) is 10.5 Å². The molecule has 3 aliphatic rings. The quantitative estimate of drug-likeness (QED) is 0.765. The van der Waals surface area contributed by atoms with E-state index >= 15 is 0 Å². The summed E-state index contributed by atoms with van der Waals surface area (Å²) in [6, 6.07) is 0. The summed E-state index contributed by atoms with van der Waals surface area (Å²) in [4.78, 5) is 14.4. The minimum absolute atomic E-state index is 0.118. The first-order valence-electron chi connectivity index (χ1n) is 7.30. The van der Waals surface area contributed by atoms with Gasteiger partial charge in [0, 0.05) is 19.7 Å². The van der Waals surface area contributed by atoms with Gasteiger partial charge in [0.15, 0.2) is 0 Å². The first-order valence-corrected chi connectivity index (χ1v) is 7.30. The highest BCUT2D eigenvalue weighted by molar-refractivity contribution is 5.86. The molecule has 1 amide bonds. The summed E-state index contributed by atoms with van der Waals surface area (Å²) in [6.07, 6.45) is 8.52. The fourth-order valence-corrected chi connectivity index (χ4v) is 3.87. The molecule has 1 aliphatic carbocycles. The minimum Gasteiger partial charge on any atom is -0.379 e. The molecule has 1 unspecified atom stereocenters. The number of hydrogen-bond donors (Lipinski definition) is 1. The maximum atomic E-state index is 12.4. The zero-order chi connectivity index (χ0) is 12.6. The number of piperidine rings is 1. The Morgan fingerprint density at radius 2 is 1.72 bits per heavy atom. The highest BCUT2D eigenvalue weighted by Crippen LogP contribution is 2.46. The maximum Gasteiger partial charge on any atom is 0.245 e. The number of carbonyl (C=O) groups is 1. The monoisotopic (exact) mass is 252 g/mol. The molecule has 0 aromatic heterocycles. The lowest BCUT2D eigenvalue weighted by molar-refractivity contribution is -0.139. The van der Waals surface area contributed by atoms with Crippen LogP contribution in [0.3, 0.4) is 0 Å². The number of nitrogens with two attached hydrogens (primary N) is 1. The van der Waals surface area contributed by atoms with Gasteiger partial charge in [0.05, 0.1) is 6.61 Å². The molecule has 4 heteroatoms. The van der Waals surface area contributed by atoms with Crippen molar-refractivity contribution in [1.82, 2.24) is 4.90 Å². The lowest BCUT2D eigenvalue weighted by Gasteiger charge is -2.41. The van der Waals surface area contributed by atoms with E-state index < -0.39 is 5.54 Å². The summed E-state index contributed by atoms with van der Waals surface area (Å²) in [6.45, 7) is 2.82. The third-order valence-electron chi connectivity index (χ3n) is 5.25. The van der Waals surface area contributed by atoms with E-state index in [0.29, 0.717) is 25.0 Å². The highest BCUT2D eigenvalue weighted by Gasteiger charge is 2.44. The predicted octanol–water partition coefficient (Wildman–Crippen LogP) is 1.29. The minimum atomic E-state index is -0.736. The Bertz CT molecular complexity index is 321. The van der Waals surface area contributed by atoms with Gasteiger partial charge in [0.1, 0.15) is 5.54 Å². The largest absolute Gasteiger partial charge is 0.379 e. The van der Waals surface area contributed by atoms with Crippen LogP contribution in [-0.4, -0.2) is 42.6 Å². The number of carbonyl (C=O) groups excluding carboxylic acids is 1. The zero-order valence-electron chi connectivity index (χ0n) is 11.1. The molecule has 2 aliphatic heterocycles. The second kappa shape index (κ2) is 4.49. The third-order valence-corrected chi connectivity index (χ3v) is 5.25. The van der Waals surface area contributed by atoms with Gasteiger partial charge in [-0.1, -0.05) is 12.8 Å². The Hall–Kier alpha value is -0.610. The van der Waals surface area contributed by atoms with Crippen LogP contribution in [0.25, 0.3) is 0 Å². The maximum absolute atomic E-state index is 12.4. The highest BCUT2D eigenvalue weighted by atomic mass is 16.5. The first kappa shape index (κ1) is 12.4. The van der Waals surface area contributed by atoms with Crippen molar-refractivity contribution in [1.29, 1.82) is 0 Å². The van der Waals surface area contributed by atoms with E-state index in [1.165, 1.54) is 38.5 Å². The van der Waals surface area contributed by atoms with Gasteiger partial charge in [-0.3, -0.25) is 4.79 Å². The number of rotatable bonds is 1. The van der Waals surface area contributed by atoms with E-state index in [9.17, 15) is 4.79 Å². The molecule has 1 spiro atoms. The summed E-state index contributed by atoms with van der Waals surface area (Å²) in [5, 5.41) is 0. The van der Waals surface area contributed by atoms with Gasteiger partial charge in [-0.15, -0.1) is 0 Å². The first-order chi connectivity index (χ1) is 8.64. The molecule has 3 rings (SSSR count). The van der Waals surface area contributed by atoms with Crippen LogP contribution in [0.5, 0.6) is 0 Å². The second-order valence-electron chi connectivity index (χ2n) is 6.46. The second-order valence-corrected chi connectivity index (χ2v) is 6.46. The van der Waals surface area contributed by atoms with Crippen molar-refractivity contribution in [2.75, 3.05) is 26.3 Å². The number of nitrogens with zero attached hydrogens (tertiary/aromatic N) is 1. The van der Waals surface area contributed by atoms with Crippen molar-refractivity contribution in [3.05, 3.63) is 0 Å². The topological polar surface area (TPSA) is 55.6 Å². The molecule has 0 bridgehead atoms. The number of ether oxygens (including phenoxy) is 1. The molecule has 0 aromatic rings. The summed E-state index contributed by atoms with van der Waals surface area (Å²) in [5.74, 6) is 0.118. The average Bonchev–Trinajstić information content (AvgIpc) is 3.01. The molecule has 3 fully saturated rings. The van der Waals surface area contributed by atoms with E-state index in [2.05, 4.69) is 0 Å². The Balaban J connectivity index is 1.60. The van der Waals surface area contributed by atoms with E-state index in [1.807, 2.05) is 4.90 Å². The summed E-state index contributed by atoms with van der Waals surface area (Å²) in [5.41, 5.74) is 5.99. The lowest BCUT2D eigenvalue weighted by atomic mass is 9.76. The van der Waals surface area contributed by atoms with Crippen molar-refractivity contribution in [2.45, 2.75) is 50.5 Å². The van der Waals surface area contributed by atoms with Gasteiger partial charge in [0.25, 0.3) is 0 Å². The van der Waals surface area contributed by atoms with Gasteiger partial charge in [-0.2, -0.15) is 0 Å². The number of hydrogen-bond acceptors (Lipinski definition) is 3. The van der Waals surface area contributed by atoms with E-state index in [0.717, 1.165) is 13.1 Å². The number of likely N-dealkylation sites (tertiary alicyclic amines) is 1. The van der Waals surface area contributed by atoms with Gasteiger partial charge in [-0.25, -0.2) is 0 Å². The average molecular weight is 252 g/mol. The van der Waals surface area contributed by atoms with Crippen molar-refractivity contribution >= 4 is 5.91 Å². The fourth-order valence-electron chi connectivity index (χ4n) is 3.87. The molecule has 0 radical (unpaired) electrons. The smallest absolute Gasteiger partial charge is 0.245 e. The Morgan fingerprint density at radius 3 is 2.28 bits per heavy atom. The number of amides is 1. The van der Waals surface area contributed by atoms with Crippen LogP contribution in [0, 0.1) is 5.41 Å². The molecule has 2 N–H and O–H groups in total. The molecule has 2 saturated heterocycles. The van der Waals surface area contributed by atoms with Crippen LogP contribution >= 0.6 is 0 Å². The fraction of sp³-hybridized carbons (Fsp3) is 0.929. The Kier molecular flexibility index (Phi) is 3.10. The molecule has 18 heavy (non-hydrogen) atoms. The van der Waals surface area contributed by atoms with Crippen LogP contribution < -0.4 is 5.73 Å². The van der Waals surface area contributed by atoms with Crippen LogP contribution in [0.1, 0.15) is 44.9 Å². The van der Waals surface area contributed by atoms with Crippen LogP contribution in [-0.2, 0) is 9.53 Å². The standard InChI is InChI=1S/C14H24N2O2/c15-14(7-10-18-11-14)12(17)16-8-5-13(6-9-16)3-1-2-4-13/h1-11,15H2. The van der Waals surface area contributed by atoms with Crippen molar-refractivity contribution in [2.24, 2.45) is 11.1 Å². The molecule has 2 heterocycles. The van der Waals surface area contributed by atoms with Crippen molar-refractivity contribution in [3.8, 4) is 0 Å². The van der Waals surface area contributed by atoms with Crippen molar-refractivity contribution < 1.29 is 9.53 Å². The van der Waals surface area contributed by atoms with E-state index in [-0.39, 0.29) is 5.91 Å². The third kappa shape index (κ3) is 2.05. The molecular formula is C14H24N2O2. The molecular weight excluding hydrogens is 228 g/mol. The summed E-state index contributed by atoms with van der Waals surface area (Å²) >= 11 is 0. The van der Waals surface area contributed by atoms with Crippen LogP contribution in [0.2, 0.25) is 0 Å². The Labute approximate surface area is 109 Å². The molecule has 1 saturated carbocycles. The molecule has 1 atom stereocenters. The summed E-state index contributed by atoms with van der Waals surface area (Å²) < 4.78 is 5.29. The molecule has 4 nitrogen and oxygen atoms in total. The van der Waals surface area contributed by atoms with Gasteiger partial charge < -0.3 is 15.4 Å². The Morgan fingerprint density at radius 1 is 1.06 bits per heavy atom. The van der Waals surface area contributed by atoms with E-state index in [1.54, 1.807) is 0 Å². The van der Waals surface area contributed by atoms with Gasteiger partial charge in [0.2, 0.25) is 5.91 Å². The summed E-state index contributed by atoms with van der Waals surface area (Å²) in [7, 11) is 0. The van der Waals surface area contributed by atoms with Crippen LogP contribution in [0.15, 0.2) is 0 Å². The van der Waals surface area contributed by atoms with Gasteiger partial charge in [-0.05, 0) is 37.5 Å². The van der Waals surface area contributed by atoms with Gasteiger partial charge >= 0.3 is 0 Å². The predicted molar refractivity (Wildman–Crippen MR) is 69.1 cm³/mol. The molecule has 102 valence electrons. The lowest BCUT2D eigenvalue weighted by Crippen LogP contribution is -2.58. The normalized spacial score (nSPS) is 35.3.